The monoisotopic (exact) mass is 333 g/mol. The van der Waals surface area contributed by atoms with E-state index in [0.29, 0.717) is 12.3 Å². The van der Waals surface area contributed by atoms with E-state index in [1.165, 1.54) is 24.3 Å². The second-order valence-corrected chi connectivity index (χ2v) is 5.83. The van der Waals surface area contributed by atoms with Gasteiger partial charge < -0.3 is 19.9 Å². The molecule has 0 bridgehead atoms. The van der Waals surface area contributed by atoms with Gasteiger partial charge in [-0.2, -0.15) is 0 Å². The normalized spacial score (nSPS) is 10.9. The largest absolute Gasteiger partial charge is 0.504 e. The quantitative estimate of drug-likeness (QED) is 0.695. The van der Waals surface area contributed by atoms with Gasteiger partial charge in [-0.25, -0.2) is 4.79 Å². The first-order chi connectivity index (χ1) is 11.4. The number of allylic oxidation sites excluding steroid dienone is 3. The smallest absolute Gasteiger partial charge is 0.407 e. The number of phenols is 1. The predicted molar refractivity (Wildman–Crippen MR) is 95.3 cm³/mol. The van der Waals surface area contributed by atoms with E-state index < -0.39 is 6.09 Å². The Bertz CT molecular complexity index is 601. The van der Waals surface area contributed by atoms with Crippen LogP contribution in [-0.2, 0) is 11.3 Å². The van der Waals surface area contributed by atoms with Gasteiger partial charge in [0.15, 0.2) is 11.5 Å². The molecular weight excluding hydrogens is 306 g/mol. The summed E-state index contributed by atoms with van der Waals surface area (Å²) in [7, 11) is 1.48. The molecule has 0 fully saturated rings. The van der Waals surface area contributed by atoms with Crippen molar-refractivity contribution >= 4 is 6.09 Å². The summed E-state index contributed by atoms with van der Waals surface area (Å²) >= 11 is 0. The molecule has 0 heterocycles. The number of carbonyl (C=O) groups is 1. The van der Waals surface area contributed by atoms with E-state index in [9.17, 15) is 9.90 Å². The molecule has 0 aliphatic carbocycles. The highest BCUT2D eigenvalue weighted by molar-refractivity contribution is 5.67. The summed E-state index contributed by atoms with van der Waals surface area (Å²) in [5.41, 5.74) is 3.32. The zero-order valence-electron chi connectivity index (χ0n) is 14.9. The van der Waals surface area contributed by atoms with Crippen LogP contribution in [0.2, 0.25) is 0 Å². The average Bonchev–Trinajstić information content (AvgIpc) is 2.53. The molecule has 0 radical (unpaired) electrons. The summed E-state index contributed by atoms with van der Waals surface area (Å²) in [6, 6.07) is 4.91. The molecule has 0 atom stereocenters. The first-order valence-corrected chi connectivity index (χ1v) is 7.98. The zero-order chi connectivity index (χ0) is 17.9. The van der Waals surface area contributed by atoms with Crippen LogP contribution in [0, 0.1) is 0 Å². The Balaban J connectivity index is 2.32. The molecule has 0 saturated heterocycles. The third-order valence-electron chi connectivity index (χ3n) is 3.42. The number of alkyl carbamates (subject to hydrolysis) is 1. The Morgan fingerprint density at radius 3 is 2.67 bits per heavy atom. The lowest BCUT2D eigenvalue weighted by Crippen LogP contribution is -2.23. The van der Waals surface area contributed by atoms with E-state index in [0.717, 1.165) is 18.4 Å². The van der Waals surface area contributed by atoms with Crippen molar-refractivity contribution in [1.29, 1.82) is 0 Å². The summed E-state index contributed by atoms with van der Waals surface area (Å²) < 4.78 is 10.1. The van der Waals surface area contributed by atoms with Crippen molar-refractivity contribution in [3.05, 3.63) is 47.1 Å². The van der Waals surface area contributed by atoms with Gasteiger partial charge in [0.25, 0.3) is 0 Å². The summed E-state index contributed by atoms with van der Waals surface area (Å²) in [5.74, 6) is 0.440. The molecular formula is C19H27NO4. The van der Waals surface area contributed by atoms with Crippen molar-refractivity contribution in [2.75, 3.05) is 13.7 Å². The van der Waals surface area contributed by atoms with E-state index in [-0.39, 0.29) is 12.4 Å². The lowest BCUT2D eigenvalue weighted by molar-refractivity contribution is 0.157. The maximum atomic E-state index is 11.7. The standard InChI is InChI=1S/C19H27NO4/c1-14(2)6-5-7-15(3)10-11-24-19(22)20-13-16-8-9-17(21)18(12-16)23-4/h6,8-10,12,21H,5,7,11,13H2,1-4H3,(H,20,22)/b15-10+. The number of methoxy groups -OCH3 is 1. The van der Waals surface area contributed by atoms with E-state index >= 15 is 0 Å². The molecule has 1 aromatic carbocycles. The molecule has 24 heavy (non-hydrogen) atoms. The Morgan fingerprint density at radius 1 is 1.25 bits per heavy atom. The van der Waals surface area contributed by atoms with Crippen molar-refractivity contribution in [1.82, 2.24) is 5.32 Å². The fourth-order valence-corrected chi connectivity index (χ4v) is 2.01. The molecule has 0 aromatic heterocycles. The van der Waals surface area contributed by atoms with Gasteiger partial charge in [-0.3, -0.25) is 0 Å². The maximum absolute atomic E-state index is 11.7. The number of nitrogens with one attached hydrogen (secondary N) is 1. The average molecular weight is 333 g/mol. The molecule has 0 saturated carbocycles. The van der Waals surface area contributed by atoms with Gasteiger partial charge in [0.05, 0.1) is 7.11 Å². The highest BCUT2D eigenvalue weighted by atomic mass is 16.5. The highest BCUT2D eigenvalue weighted by Crippen LogP contribution is 2.26. The number of hydrogen-bond donors (Lipinski definition) is 2. The van der Waals surface area contributed by atoms with Gasteiger partial charge in [0.1, 0.15) is 6.61 Å². The van der Waals surface area contributed by atoms with Gasteiger partial charge in [-0.05, 0) is 57.4 Å². The summed E-state index contributed by atoms with van der Waals surface area (Å²) in [6.45, 7) is 6.75. The minimum absolute atomic E-state index is 0.0672. The van der Waals surface area contributed by atoms with Crippen LogP contribution >= 0.6 is 0 Å². The molecule has 5 heteroatoms. The van der Waals surface area contributed by atoms with Gasteiger partial charge in [-0.1, -0.05) is 23.3 Å². The summed E-state index contributed by atoms with van der Waals surface area (Å²) in [5, 5.41) is 12.2. The van der Waals surface area contributed by atoms with Gasteiger partial charge in [-0.15, -0.1) is 0 Å². The molecule has 2 N–H and O–H groups in total. The van der Waals surface area contributed by atoms with Gasteiger partial charge in [0.2, 0.25) is 0 Å². The Hall–Kier alpha value is -2.43. The lowest BCUT2D eigenvalue weighted by Gasteiger charge is -2.08. The number of hydrogen-bond acceptors (Lipinski definition) is 4. The number of carbonyl (C=O) groups excluding carboxylic acids is 1. The van der Waals surface area contributed by atoms with Crippen LogP contribution in [0.5, 0.6) is 11.5 Å². The maximum Gasteiger partial charge on any atom is 0.407 e. The highest BCUT2D eigenvalue weighted by Gasteiger charge is 2.05. The Morgan fingerprint density at radius 2 is 2.00 bits per heavy atom. The van der Waals surface area contributed by atoms with Crippen LogP contribution in [0.4, 0.5) is 4.79 Å². The predicted octanol–water partition coefficient (Wildman–Crippen LogP) is 4.32. The molecule has 5 nitrogen and oxygen atoms in total. The molecule has 0 aliphatic heterocycles. The van der Waals surface area contributed by atoms with E-state index in [4.69, 9.17) is 9.47 Å². The SMILES string of the molecule is COc1cc(CNC(=O)OC/C=C(\C)CCC=C(C)C)ccc1O. The van der Waals surface area contributed by atoms with Crippen molar-refractivity contribution in [2.45, 2.75) is 40.2 Å². The van der Waals surface area contributed by atoms with Crippen LogP contribution < -0.4 is 10.1 Å². The minimum atomic E-state index is -0.476. The minimum Gasteiger partial charge on any atom is -0.504 e. The molecule has 132 valence electrons. The van der Waals surface area contributed by atoms with Crippen molar-refractivity contribution in [2.24, 2.45) is 0 Å². The van der Waals surface area contributed by atoms with Crippen molar-refractivity contribution in [3.8, 4) is 11.5 Å². The number of ether oxygens (including phenoxy) is 2. The van der Waals surface area contributed by atoms with E-state index in [1.807, 2.05) is 13.0 Å². The second kappa shape index (κ2) is 10.4. The second-order valence-electron chi connectivity index (χ2n) is 5.83. The Labute approximate surface area is 144 Å². The molecule has 0 spiro atoms. The van der Waals surface area contributed by atoms with Gasteiger partial charge >= 0.3 is 6.09 Å². The number of aromatic hydroxyl groups is 1. The first-order valence-electron chi connectivity index (χ1n) is 7.98. The van der Waals surface area contributed by atoms with Crippen LogP contribution in [0.25, 0.3) is 0 Å². The van der Waals surface area contributed by atoms with Crippen LogP contribution in [-0.4, -0.2) is 24.9 Å². The fraction of sp³-hybridized carbons (Fsp3) is 0.421. The van der Waals surface area contributed by atoms with E-state index in [1.54, 1.807) is 12.1 Å². The Kier molecular flexibility index (Phi) is 8.47. The molecule has 0 aliphatic rings. The zero-order valence-corrected chi connectivity index (χ0v) is 14.9. The van der Waals surface area contributed by atoms with Crippen LogP contribution in [0.15, 0.2) is 41.5 Å². The topological polar surface area (TPSA) is 67.8 Å². The molecule has 1 rings (SSSR count). The van der Waals surface area contributed by atoms with Crippen LogP contribution in [0.3, 0.4) is 0 Å². The number of rotatable bonds is 8. The summed E-state index contributed by atoms with van der Waals surface area (Å²) in [4.78, 5) is 11.7. The number of benzene rings is 1. The molecule has 1 aromatic rings. The third-order valence-corrected chi connectivity index (χ3v) is 3.42. The lowest BCUT2D eigenvalue weighted by atomic mass is 10.1. The molecule has 1 amide bonds. The van der Waals surface area contributed by atoms with Gasteiger partial charge in [0, 0.05) is 6.54 Å². The van der Waals surface area contributed by atoms with Crippen molar-refractivity contribution < 1.29 is 19.4 Å². The van der Waals surface area contributed by atoms with Crippen molar-refractivity contribution in [3.63, 3.8) is 0 Å². The fourth-order valence-electron chi connectivity index (χ4n) is 2.01. The first kappa shape index (κ1) is 19.6. The third kappa shape index (κ3) is 7.72. The van der Waals surface area contributed by atoms with Crippen LogP contribution in [0.1, 0.15) is 39.2 Å². The summed E-state index contributed by atoms with van der Waals surface area (Å²) in [6.07, 6.45) is 5.59. The molecule has 0 unspecified atom stereocenters. The number of phenolic OH excluding ortho intramolecular Hbond substituents is 1. The van der Waals surface area contributed by atoms with E-state index in [2.05, 4.69) is 25.2 Å². The number of amides is 1.